The molecule has 4 heteroatoms. The van der Waals surface area contributed by atoms with Gasteiger partial charge in [0.05, 0.1) is 6.61 Å². The summed E-state index contributed by atoms with van der Waals surface area (Å²) in [5.74, 6) is 1.29. The van der Waals surface area contributed by atoms with Gasteiger partial charge in [0, 0.05) is 18.3 Å². The smallest absolute Gasteiger partial charge is 0.226 e. The van der Waals surface area contributed by atoms with E-state index in [9.17, 15) is 0 Å². The largest absolute Gasteiger partial charge is 0.478 e. The SMILES string of the molecule is CCCNc1nc(C)cc(OCC)n1. The molecule has 0 spiro atoms. The van der Waals surface area contributed by atoms with Crippen molar-refractivity contribution in [2.75, 3.05) is 18.5 Å². The average molecular weight is 195 g/mol. The molecule has 0 atom stereocenters. The van der Waals surface area contributed by atoms with E-state index in [1.165, 1.54) is 0 Å². The summed E-state index contributed by atoms with van der Waals surface area (Å²) >= 11 is 0. The van der Waals surface area contributed by atoms with Gasteiger partial charge in [0.2, 0.25) is 11.8 Å². The maximum absolute atomic E-state index is 5.32. The number of rotatable bonds is 5. The highest BCUT2D eigenvalue weighted by atomic mass is 16.5. The van der Waals surface area contributed by atoms with Gasteiger partial charge in [-0.15, -0.1) is 0 Å². The Balaban J connectivity index is 2.73. The van der Waals surface area contributed by atoms with Crippen molar-refractivity contribution < 1.29 is 4.74 Å². The molecule has 0 saturated carbocycles. The quantitative estimate of drug-likeness (QED) is 0.780. The lowest BCUT2D eigenvalue weighted by atomic mass is 10.4. The van der Waals surface area contributed by atoms with Gasteiger partial charge in [0.1, 0.15) is 0 Å². The average Bonchev–Trinajstić information content (AvgIpc) is 2.14. The number of anilines is 1. The summed E-state index contributed by atoms with van der Waals surface area (Å²) in [6.45, 7) is 7.49. The first-order valence-corrected chi connectivity index (χ1v) is 4.98. The molecule has 0 saturated heterocycles. The molecule has 14 heavy (non-hydrogen) atoms. The van der Waals surface area contributed by atoms with Crippen LogP contribution >= 0.6 is 0 Å². The van der Waals surface area contributed by atoms with Gasteiger partial charge in [-0.05, 0) is 20.3 Å². The summed E-state index contributed by atoms with van der Waals surface area (Å²) in [6.07, 6.45) is 1.06. The highest BCUT2D eigenvalue weighted by Gasteiger charge is 2.01. The third-order valence-corrected chi connectivity index (χ3v) is 1.66. The van der Waals surface area contributed by atoms with Gasteiger partial charge in [-0.1, -0.05) is 6.92 Å². The number of nitrogens with one attached hydrogen (secondary N) is 1. The topological polar surface area (TPSA) is 47.0 Å². The molecular weight excluding hydrogens is 178 g/mol. The third-order valence-electron chi connectivity index (χ3n) is 1.66. The Morgan fingerprint density at radius 3 is 2.79 bits per heavy atom. The van der Waals surface area contributed by atoms with Crippen LogP contribution in [0.1, 0.15) is 26.0 Å². The Hall–Kier alpha value is -1.32. The van der Waals surface area contributed by atoms with Gasteiger partial charge in [-0.2, -0.15) is 4.98 Å². The molecule has 0 aliphatic carbocycles. The van der Waals surface area contributed by atoms with Gasteiger partial charge >= 0.3 is 0 Å². The van der Waals surface area contributed by atoms with Crippen LogP contribution in [0, 0.1) is 6.92 Å². The second kappa shape index (κ2) is 5.42. The molecule has 1 aromatic heterocycles. The maximum atomic E-state index is 5.32. The molecule has 0 amide bonds. The molecule has 0 unspecified atom stereocenters. The first-order chi connectivity index (χ1) is 6.76. The molecule has 78 valence electrons. The lowest BCUT2D eigenvalue weighted by Gasteiger charge is -2.07. The molecule has 0 fully saturated rings. The van der Waals surface area contributed by atoms with E-state index in [-0.39, 0.29) is 0 Å². The van der Waals surface area contributed by atoms with Crippen LogP contribution in [0.5, 0.6) is 5.88 Å². The molecule has 1 aromatic rings. The summed E-state index contributed by atoms with van der Waals surface area (Å²) < 4.78 is 5.32. The van der Waals surface area contributed by atoms with Crippen molar-refractivity contribution in [3.63, 3.8) is 0 Å². The van der Waals surface area contributed by atoms with E-state index in [0.29, 0.717) is 18.4 Å². The standard InChI is InChI=1S/C10H17N3O/c1-4-6-11-10-12-8(3)7-9(13-10)14-5-2/h7H,4-6H2,1-3H3,(H,11,12,13). The Kier molecular flexibility index (Phi) is 4.16. The van der Waals surface area contributed by atoms with Crippen LogP contribution in [0.2, 0.25) is 0 Å². The van der Waals surface area contributed by atoms with Crippen molar-refractivity contribution in [2.45, 2.75) is 27.2 Å². The predicted molar refractivity (Wildman–Crippen MR) is 56.7 cm³/mol. The van der Waals surface area contributed by atoms with Gasteiger partial charge < -0.3 is 10.1 Å². The van der Waals surface area contributed by atoms with Crippen LogP contribution in [0.25, 0.3) is 0 Å². The van der Waals surface area contributed by atoms with E-state index in [0.717, 1.165) is 18.7 Å². The Morgan fingerprint density at radius 1 is 1.36 bits per heavy atom. The van der Waals surface area contributed by atoms with Crippen LogP contribution < -0.4 is 10.1 Å². The fourth-order valence-electron chi connectivity index (χ4n) is 1.08. The molecule has 1 heterocycles. The van der Waals surface area contributed by atoms with Crippen molar-refractivity contribution in [1.82, 2.24) is 9.97 Å². The molecule has 0 bridgehead atoms. The Bertz CT molecular complexity index is 289. The minimum atomic E-state index is 0.629. The normalized spacial score (nSPS) is 9.93. The monoisotopic (exact) mass is 195 g/mol. The Labute approximate surface area is 84.7 Å². The zero-order chi connectivity index (χ0) is 10.4. The van der Waals surface area contributed by atoms with Crippen molar-refractivity contribution in [1.29, 1.82) is 0 Å². The number of hydrogen-bond acceptors (Lipinski definition) is 4. The van der Waals surface area contributed by atoms with E-state index in [2.05, 4.69) is 22.2 Å². The van der Waals surface area contributed by atoms with Crippen molar-refractivity contribution in [2.24, 2.45) is 0 Å². The highest BCUT2D eigenvalue weighted by molar-refractivity contribution is 5.30. The van der Waals surface area contributed by atoms with E-state index in [1.807, 2.05) is 19.9 Å². The fraction of sp³-hybridized carbons (Fsp3) is 0.600. The van der Waals surface area contributed by atoms with Crippen LogP contribution in [0.3, 0.4) is 0 Å². The minimum absolute atomic E-state index is 0.629. The van der Waals surface area contributed by atoms with Crippen molar-refractivity contribution in [3.8, 4) is 5.88 Å². The zero-order valence-corrected chi connectivity index (χ0v) is 9.00. The first kappa shape index (κ1) is 10.8. The molecule has 1 rings (SSSR count). The van der Waals surface area contributed by atoms with E-state index < -0.39 is 0 Å². The number of aryl methyl sites for hydroxylation is 1. The maximum Gasteiger partial charge on any atom is 0.226 e. The molecule has 0 radical (unpaired) electrons. The third kappa shape index (κ3) is 3.20. The summed E-state index contributed by atoms with van der Waals surface area (Å²) in [5.41, 5.74) is 0.919. The molecule has 4 nitrogen and oxygen atoms in total. The predicted octanol–water partition coefficient (Wildman–Crippen LogP) is 2.01. The first-order valence-electron chi connectivity index (χ1n) is 4.98. The van der Waals surface area contributed by atoms with Crippen LogP contribution in [0.4, 0.5) is 5.95 Å². The Morgan fingerprint density at radius 2 is 2.14 bits per heavy atom. The second-order valence-electron chi connectivity index (χ2n) is 3.03. The van der Waals surface area contributed by atoms with Crippen LogP contribution in [-0.2, 0) is 0 Å². The lowest BCUT2D eigenvalue weighted by Crippen LogP contribution is -2.06. The van der Waals surface area contributed by atoms with Gasteiger partial charge in [0.25, 0.3) is 0 Å². The fourth-order valence-corrected chi connectivity index (χ4v) is 1.08. The van der Waals surface area contributed by atoms with Crippen LogP contribution in [0.15, 0.2) is 6.07 Å². The van der Waals surface area contributed by atoms with E-state index >= 15 is 0 Å². The summed E-state index contributed by atoms with van der Waals surface area (Å²) in [6, 6.07) is 1.83. The zero-order valence-electron chi connectivity index (χ0n) is 9.00. The number of ether oxygens (including phenoxy) is 1. The van der Waals surface area contributed by atoms with E-state index in [1.54, 1.807) is 0 Å². The summed E-state index contributed by atoms with van der Waals surface area (Å²) in [5, 5.41) is 3.13. The number of aromatic nitrogens is 2. The molecule has 0 aliphatic heterocycles. The number of nitrogens with zero attached hydrogens (tertiary/aromatic N) is 2. The van der Waals surface area contributed by atoms with Gasteiger partial charge in [-0.25, -0.2) is 4.98 Å². The molecular formula is C10H17N3O. The summed E-state index contributed by atoms with van der Waals surface area (Å²) in [4.78, 5) is 8.47. The summed E-state index contributed by atoms with van der Waals surface area (Å²) in [7, 11) is 0. The second-order valence-corrected chi connectivity index (χ2v) is 3.03. The lowest BCUT2D eigenvalue weighted by molar-refractivity contribution is 0.326. The van der Waals surface area contributed by atoms with E-state index in [4.69, 9.17) is 4.74 Å². The van der Waals surface area contributed by atoms with Crippen molar-refractivity contribution in [3.05, 3.63) is 11.8 Å². The molecule has 0 aliphatic rings. The van der Waals surface area contributed by atoms with Gasteiger partial charge in [-0.3, -0.25) is 0 Å². The van der Waals surface area contributed by atoms with Crippen LogP contribution in [-0.4, -0.2) is 23.1 Å². The molecule has 1 N–H and O–H groups in total. The van der Waals surface area contributed by atoms with Gasteiger partial charge in [0.15, 0.2) is 0 Å². The number of hydrogen-bond donors (Lipinski definition) is 1. The minimum Gasteiger partial charge on any atom is -0.478 e. The highest BCUT2D eigenvalue weighted by Crippen LogP contribution is 2.11. The van der Waals surface area contributed by atoms with Crippen molar-refractivity contribution >= 4 is 5.95 Å². The molecule has 0 aromatic carbocycles.